The summed E-state index contributed by atoms with van der Waals surface area (Å²) in [5.74, 6) is 0.0608. The number of carbonyl (C=O) groups excluding carboxylic acids is 1. The molecule has 0 radical (unpaired) electrons. The Bertz CT molecular complexity index is 910. The van der Waals surface area contributed by atoms with Gasteiger partial charge in [0.25, 0.3) is 0 Å². The molecule has 0 atom stereocenters. The monoisotopic (exact) mass is 479 g/mol. The maximum Gasteiger partial charge on any atom is 0.361 e. The Morgan fingerprint density at radius 3 is 2.54 bits per heavy atom. The van der Waals surface area contributed by atoms with Crippen LogP contribution in [0.3, 0.4) is 0 Å². The number of hydrogen-bond acceptors (Lipinski definition) is 5. The minimum absolute atomic E-state index is 0.124. The quantitative estimate of drug-likeness (QED) is 0.515. The summed E-state index contributed by atoms with van der Waals surface area (Å²) in [7, 11) is 0. The molecule has 0 saturated carbocycles. The molecule has 0 aliphatic carbocycles. The maximum atomic E-state index is 12.1. The van der Waals surface area contributed by atoms with Gasteiger partial charge in [-0.1, -0.05) is 44.0 Å². The fourth-order valence-corrected chi connectivity index (χ4v) is 2.94. The van der Waals surface area contributed by atoms with Crippen LogP contribution in [0.5, 0.6) is 5.75 Å². The number of rotatable bonds is 6. The van der Waals surface area contributed by atoms with Crippen molar-refractivity contribution in [3.63, 3.8) is 0 Å². The number of ether oxygens (including phenoxy) is 2. The number of aromatic amines is 1. The van der Waals surface area contributed by atoms with Gasteiger partial charge >= 0.3 is 5.97 Å². The first kappa shape index (κ1) is 18.6. The first-order valence-corrected chi connectivity index (χ1v) is 9.42. The molecule has 0 aliphatic rings. The van der Waals surface area contributed by atoms with Crippen molar-refractivity contribution < 1.29 is 14.3 Å². The normalized spacial score (nSPS) is 10.6. The van der Waals surface area contributed by atoms with E-state index in [2.05, 4.69) is 47.3 Å². The Labute approximate surface area is 167 Å². The zero-order chi connectivity index (χ0) is 18.5. The highest BCUT2D eigenvalue weighted by atomic mass is 79.9. The van der Waals surface area contributed by atoms with Crippen LogP contribution in [-0.4, -0.2) is 28.0 Å². The Hall–Kier alpha value is -2.19. The number of hydrogen-bond donors (Lipinski definition) is 1. The number of benzene rings is 2. The minimum atomic E-state index is -0.532. The molecular formula is C18H15Br2N3O3. The van der Waals surface area contributed by atoms with Crippen molar-refractivity contribution in [1.29, 1.82) is 0 Å². The third-order valence-electron chi connectivity index (χ3n) is 3.52. The Morgan fingerprint density at radius 2 is 1.81 bits per heavy atom. The average molecular weight is 481 g/mol. The molecule has 0 saturated heterocycles. The van der Waals surface area contributed by atoms with E-state index < -0.39 is 5.97 Å². The second-order valence-electron chi connectivity index (χ2n) is 5.30. The van der Waals surface area contributed by atoms with Gasteiger partial charge < -0.3 is 9.47 Å². The van der Waals surface area contributed by atoms with Crippen molar-refractivity contribution in [2.24, 2.45) is 0 Å². The molecule has 0 spiro atoms. The van der Waals surface area contributed by atoms with Crippen LogP contribution in [0.4, 0.5) is 0 Å². The standard InChI is InChI=1S/C18H15Br2N3O3/c1-2-25-18(24)17-16(21-23-22-17)14-9-13(20)7-8-15(14)26-10-11-3-5-12(19)6-4-11/h3-9H,2,10H2,1H3,(H,21,22,23). The number of nitrogens with one attached hydrogen (secondary N) is 1. The van der Waals surface area contributed by atoms with Crippen molar-refractivity contribution in [3.05, 3.63) is 62.7 Å². The molecule has 26 heavy (non-hydrogen) atoms. The lowest BCUT2D eigenvalue weighted by Gasteiger charge is -2.11. The molecule has 8 heteroatoms. The van der Waals surface area contributed by atoms with E-state index in [1.165, 1.54) is 0 Å². The summed E-state index contributed by atoms with van der Waals surface area (Å²) < 4.78 is 12.8. The predicted octanol–water partition coefficient (Wildman–Crippen LogP) is 4.75. The summed E-state index contributed by atoms with van der Waals surface area (Å²) >= 11 is 6.86. The largest absolute Gasteiger partial charge is 0.488 e. The van der Waals surface area contributed by atoms with Gasteiger partial charge in [-0.2, -0.15) is 10.3 Å². The number of nitrogens with zero attached hydrogens (tertiary/aromatic N) is 2. The van der Waals surface area contributed by atoms with Crippen LogP contribution in [0.1, 0.15) is 23.0 Å². The molecule has 0 amide bonds. The number of H-pyrrole nitrogens is 1. The zero-order valence-corrected chi connectivity index (χ0v) is 17.0. The smallest absolute Gasteiger partial charge is 0.361 e. The second kappa shape index (κ2) is 8.46. The van der Waals surface area contributed by atoms with E-state index in [0.717, 1.165) is 14.5 Å². The van der Waals surface area contributed by atoms with E-state index in [1.54, 1.807) is 6.92 Å². The molecule has 3 rings (SSSR count). The summed E-state index contributed by atoms with van der Waals surface area (Å²) in [6.07, 6.45) is 0. The molecule has 0 unspecified atom stereocenters. The third kappa shape index (κ3) is 4.31. The number of esters is 1. The lowest BCUT2D eigenvalue weighted by molar-refractivity contribution is 0.0520. The van der Waals surface area contributed by atoms with Gasteiger partial charge in [0.1, 0.15) is 18.1 Å². The highest BCUT2D eigenvalue weighted by molar-refractivity contribution is 9.10. The number of halogens is 2. The van der Waals surface area contributed by atoms with Crippen LogP contribution < -0.4 is 4.74 Å². The molecular weight excluding hydrogens is 466 g/mol. The number of carbonyl (C=O) groups is 1. The Kier molecular flexibility index (Phi) is 6.05. The van der Waals surface area contributed by atoms with Crippen molar-refractivity contribution in [2.45, 2.75) is 13.5 Å². The molecule has 1 heterocycles. The van der Waals surface area contributed by atoms with E-state index in [0.29, 0.717) is 23.6 Å². The van der Waals surface area contributed by atoms with E-state index in [-0.39, 0.29) is 12.3 Å². The summed E-state index contributed by atoms with van der Waals surface area (Å²) in [6.45, 7) is 2.38. The van der Waals surface area contributed by atoms with Gasteiger partial charge in [0.05, 0.1) is 6.61 Å². The molecule has 134 valence electrons. The Balaban J connectivity index is 1.90. The maximum absolute atomic E-state index is 12.1. The molecule has 3 aromatic rings. The lowest BCUT2D eigenvalue weighted by atomic mass is 10.1. The van der Waals surface area contributed by atoms with Crippen molar-refractivity contribution in [2.75, 3.05) is 6.61 Å². The van der Waals surface area contributed by atoms with Crippen molar-refractivity contribution >= 4 is 37.8 Å². The van der Waals surface area contributed by atoms with Crippen LogP contribution in [0.25, 0.3) is 11.3 Å². The molecule has 0 fully saturated rings. The molecule has 1 aromatic heterocycles. The highest BCUT2D eigenvalue weighted by Gasteiger charge is 2.22. The summed E-state index contributed by atoms with van der Waals surface area (Å²) in [5, 5.41) is 10.5. The van der Waals surface area contributed by atoms with E-state index in [9.17, 15) is 4.79 Å². The van der Waals surface area contributed by atoms with Gasteiger partial charge in [-0.15, -0.1) is 5.10 Å². The fraction of sp³-hybridized carbons (Fsp3) is 0.167. The minimum Gasteiger partial charge on any atom is -0.488 e. The lowest BCUT2D eigenvalue weighted by Crippen LogP contribution is -2.07. The van der Waals surface area contributed by atoms with Gasteiger partial charge in [0, 0.05) is 14.5 Å². The number of aromatic nitrogens is 3. The van der Waals surface area contributed by atoms with Gasteiger partial charge in [-0.3, -0.25) is 0 Å². The van der Waals surface area contributed by atoms with Crippen LogP contribution >= 0.6 is 31.9 Å². The topological polar surface area (TPSA) is 77.1 Å². The van der Waals surface area contributed by atoms with Crippen LogP contribution in [0.15, 0.2) is 51.4 Å². The average Bonchev–Trinajstić information content (AvgIpc) is 3.12. The first-order valence-electron chi connectivity index (χ1n) is 7.83. The van der Waals surface area contributed by atoms with Gasteiger partial charge in [0.2, 0.25) is 0 Å². The van der Waals surface area contributed by atoms with E-state index in [1.807, 2.05) is 42.5 Å². The second-order valence-corrected chi connectivity index (χ2v) is 7.13. The van der Waals surface area contributed by atoms with Crippen molar-refractivity contribution in [1.82, 2.24) is 15.4 Å². The molecule has 0 aliphatic heterocycles. The molecule has 6 nitrogen and oxygen atoms in total. The van der Waals surface area contributed by atoms with Crippen LogP contribution in [0, 0.1) is 0 Å². The van der Waals surface area contributed by atoms with Gasteiger partial charge in [-0.05, 0) is 42.8 Å². The van der Waals surface area contributed by atoms with Gasteiger partial charge in [0.15, 0.2) is 5.69 Å². The fourth-order valence-electron chi connectivity index (χ4n) is 2.32. The van der Waals surface area contributed by atoms with Gasteiger partial charge in [-0.25, -0.2) is 4.79 Å². The van der Waals surface area contributed by atoms with Crippen molar-refractivity contribution in [3.8, 4) is 17.0 Å². The summed E-state index contributed by atoms with van der Waals surface area (Å²) in [4.78, 5) is 12.1. The van der Waals surface area contributed by atoms with Crippen LogP contribution in [0.2, 0.25) is 0 Å². The predicted molar refractivity (Wildman–Crippen MR) is 104 cm³/mol. The zero-order valence-electron chi connectivity index (χ0n) is 13.8. The summed E-state index contributed by atoms with van der Waals surface area (Å²) in [5.41, 5.74) is 2.18. The Morgan fingerprint density at radius 1 is 1.08 bits per heavy atom. The molecule has 1 N–H and O–H groups in total. The highest BCUT2D eigenvalue weighted by Crippen LogP contribution is 2.33. The molecule has 2 aromatic carbocycles. The van der Waals surface area contributed by atoms with E-state index in [4.69, 9.17) is 9.47 Å². The third-order valence-corrected chi connectivity index (χ3v) is 4.54. The molecule has 0 bridgehead atoms. The van der Waals surface area contributed by atoms with E-state index >= 15 is 0 Å². The SMILES string of the molecule is CCOC(=O)c1n[nH]nc1-c1cc(Br)ccc1OCc1ccc(Br)cc1. The summed E-state index contributed by atoms with van der Waals surface area (Å²) in [6, 6.07) is 13.4. The first-order chi connectivity index (χ1) is 12.6. The van der Waals surface area contributed by atoms with Crippen LogP contribution in [-0.2, 0) is 11.3 Å².